The Morgan fingerprint density at radius 3 is 2.71 bits per heavy atom. The summed E-state index contributed by atoms with van der Waals surface area (Å²) in [6.45, 7) is 5.06. The predicted molar refractivity (Wildman–Crippen MR) is 80.8 cm³/mol. The maximum atomic E-state index is 10.9. The van der Waals surface area contributed by atoms with E-state index in [2.05, 4.69) is 23.9 Å². The molecule has 0 spiro atoms. The smallest absolute Gasteiger partial charge is 0.270 e. The van der Waals surface area contributed by atoms with E-state index in [1.54, 1.807) is 6.07 Å². The third-order valence-corrected chi connectivity index (χ3v) is 3.43. The molecule has 0 aromatic heterocycles. The van der Waals surface area contributed by atoms with Crippen LogP contribution >= 0.6 is 0 Å². The van der Waals surface area contributed by atoms with Crippen molar-refractivity contribution in [3.05, 3.63) is 33.9 Å². The third kappa shape index (κ3) is 3.42. The van der Waals surface area contributed by atoms with Crippen LogP contribution in [-0.4, -0.2) is 28.6 Å². The number of oxime groups is 1. The van der Waals surface area contributed by atoms with Gasteiger partial charge in [-0.05, 0) is 24.8 Å². The van der Waals surface area contributed by atoms with Crippen molar-refractivity contribution in [3.63, 3.8) is 0 Å². The lowest BCUT2D eigenvalue weighted by Crippen LogP contribution is -2.32. The van der Waals surface area contributed by atoms with Crippen molar-refractivity contribution in [2.75, 3.05) is 11.4 Å². The average Bonchev–Trinajstić information content (AvgIpc) is 3.27. The van der Waals surface area contributed by atoms with Crippen LogP contribution in [0.4, 0.5) is 11.4 Å². The summed E-state index contributed by atoms with van der Waals surface area (Å²) in [5, 5.41) is 22.9. The largest absolute Gasteiger partial charge is 0.409 e. The maximum absolute atomic E-state index is 10.9. The summed E-state index contributed by atoms with van der Waals surface area (Å²) in [4.78, 5) is 12.6. The molecule has 1 aliphatic carbocycles. The Bertz CT molecular complexity index is 567. The molecule has 1 fully saturated rings. The quantitative estimate of drug-likeness (QED) is 0.275. The monoisotopic (exact) mass is 292 g/mol. The minimum Gasteiger partial charge on any atom is -0.409 e. The number of nitrogens with zero attached hydrogens (tertiary/aromatic N) is 3. The summed E-state index contributed by atoms with van der Waals surface area (Å²) in [7, 11) is 0. The second-order valence-corrected chi connectivity index (χ2v) is 5.72. The van der Waals surface area contributed by atoms with E-state index in [1.807, 2.05) is 0 Å². The maximum Gasteiger partial charge on any atom is 0.270 e. The molecule has 21 heavy (non-hydrogen) atoms. The Kier molecular flexibility index (Phi) is 4.30. The highest BCUT2D eigenvalue weighted by atomic mass is 16.6. The molecule has 1 saturated carbocycles. The van der Waals surface area contributed by atoms with Crippen LogP contribution in [0.3, 0.4) is 0 Å². The highest BCUT2D eigenvalue weighted by Gasteiger charge is 2.31. The Labute approximate surface area is 123 Å². The topological polar surface area (TPSA) is 105 Å². The molecule has 0 saturated heterocycles. The lowest BCUT2D eigenvalue weighted by Gasteiger charge is -2.28. The summed E-state index contributed by atoms with van der Waals surface area (Å²) in [6.07, 6.45) is 2.19. The number of nitrogens with two attached hydrogens (primary N) is 1. The van der Waals surface area contributed by atoms with E-state index < -0.39 is 4.92 Å². The van der Waals surface area contributed by atoms with Gasteiger partial charge in [0.1, 0.15) is 0 Å². The van der Waals surface area contributed by atoms with Crippen LogP contribution in [-0.2, 0) is 0 Å². The number of amidine groups is 1. The molecule has 0 heterocycles. The van der Waals surface area contributed by atoms with E-state index in [4.69, 9.17) is 10.9 Å². The van der Waals surface area contributed by atoms with Gasteiger partial charge in [0.25, 0.3) is 5.69 Å². The van der Waals surface area contributed by atoms with E-state index in [0.29, 0.717) is 17.5 Å². The first kappa shape index (κ1) is 15.1. The van der Waals surface area contributed by atoms with E-state index in [0.717, 1.165) is 25.1 Å². The second-order valence-electron chi connectivity index (χ2n) is 5.72. The predicted octanol–water partition coefficient (Wildman–Crippen LogP) is 2.31. The SMILES string of the molecule is CC(C)CN(c1ccc([N+](=O)[O-])cc1C(N)=NO)C1CC1. The van der Waals surface area contributed by atoms with E-state index in [9.17, 15) is 10.1 Å². The van der Waals surface area contributed by atoms with Gasteiger partial charge in [-0.1, -0.05) is 19.0 Å². The van der Waals surface area contributed by atoms with E-state index >= 15 is 0 Å². The van der Waals surface area contributed by atoms with Crippen LogP contribution in [0.2, 0.25) is 0 Å². The van der Waals surface area contributed by atoms with Gasteiger partial charge in [-0.3, -0.25) is 10.1 Å². The molecule has 0 bridgehead atoms. The molecule has 0 radical (unpaired) electrons. The summed E-state index contributed by atoms with van der Waals surface area (Å²) in [5.41, 5.74) is 6.82. The molecule has 0 aliphatic heterocycles. The first-order chi connectivity index (χ1) is 9.93. The fourth-order valence-corrected chi connectivity index (χ4v) is 2.37. The van der Waals surface area contributed by atoms with E-state index in [-0.39, 0.29) is 11.5 Å². The van der Waals surface area contributed by atoms with Gasteiger partial charge in [0, 0.05) is 30.4 Å². The minimum absolute atomic E-state index is 0.0688. The molecule has 1 aromatic carbocycles. The van der Waals surface area contributed by atoms with Crippen molar-refractivity contribution in [3.8, 4) is 0 Å². The minimum atomic E-state index is -0.484. The van der Waals surface area contributed by atoms with Crippen molar-refractivity contribution in [2.45, 2.75) is 32.7 Å². The third-order valence-electron chi connectivity index (χ3n) is 3.43. The summed E-state index contributed by atoms with van der Waals surface area (Å²) >= 11 is 0. The fourth-order valence-electron chi connectivity index (χ4n) is 2.37. The highest BCUT2D eigenvalue weighted by molar-refractivity contribution is 6.03. The zero-order valence-electron chi connectivity index (χ0n) is 12.2. The normalized spacial score (nSPS) is 15.3. The van der Waals surface area contributed by atoms with Crippen LogP contribution in [0, 0.1) is 16.0 Å². The van der Waals surface area contributed by atoms with Gasteiger partial charge in [-0.2, -0.15) is 0 Å². The number of nitro benzene ring substituents is 1. The van der Waals surface area contributed by atoms with Gasteiger partial charge in [0.15, 0.2) is 5.84 Å². The van der Waals surface area contributed by atoms with Gasteiger partial charge in [0.05, 0.1) is 10.5 Å². The van der Waals surface area contributed by atoms with E-state index in [1.165, 1.54) is 12.1 Å². The van der Waals surface area contributed by atoms with Crippen molar-refractivity contribution in [1.29, 1.82) is 0 Å². The van der Waals surface area contributed by atoms with Crippen LogP contribution in [0.25, 0.3) is 0 Å². The lowest BCUT2D eigenvalue weighted by atomic mass is 10.1. The summed E-state index contributed by atoms with van der Waals surface area (Å²) < 4.78 is 0. The molecule has 2 rings (SSSR count). The number of benzene rings is 1. The number of nitro groups is 1. The second kappa shape index (κ2) is 5.99. The first-order valence-electron chi connectivity index (χ1n) is 6.97. The van der Waals surface area contributed by atoms with Gasteiger partial charge in [-0.15, -0.1) is 0 Å². The highest BCUT2D eigenvalue weighted by Crippen LogP contribution is 2.35. The van der Waals surface area contributed by atoms with Crippen LogP contribution in [0.15, 0.2) is 23.4 Å². The van der Waals surface area contributed by atoms with Gasteiger partial charge >= 0.3 is 0 Å². The van der Waals surface area contributed by atoms with Crippen molar-refractivity contribution < 1.29 is 10.1 Å². The number of hydrogen-bond donors (Lipinski definition) is 2. The summed E-state index contributed by atoms with van der Waals surface area (Å²) in [6, 6.07) is 4.94. The Hall–Kier alpha value is -2.31. The lowest BCUT2D eigenvalue weighted by molar-refractivity contribution is -0.384. The number of anilines is 1. The molecule has 1 aromatic rings. The molecule has 0 amide bonds. The molecule has 1 aliphatic rings. The zero-order chi connectivity index (χ0) is 15.6. The van der Waals surface area contributed by atoms with Crippen molar-refractivity contribution in [1.82, 2.24) is 0 Å². The zero-order valence-corrected chi connectivity index (χ0v) is 12.2. The summed E-state index contributed by atoms with van der Waals surface area (Å²) in [5.74, 6) is 0.337. The molecular formula is C14H20N4O3. The van der Waals surface area contributed by atoms with Crippen molar-refractivity contribution in [2.24, 2.45) is 16.8 Å². The molecule has 0 unspecified atom stereocenters. The number of hydrogen-bond acceptors (Lipinski definition) is 5. The van der Waals surface area contributed by atoms with Crippen LogP contribution < -0.4 is 10.6 Å². The first-order valence-corrected chi connectivity index (χ1v) is 6.97. The molecule has 114 valence electrons. The standard InChI is InChI=1S/C14H20N4O3/c1-9(2)8-17(10-3-4-10)13-6-5-11(18(20)21)7-12(13)14(15)16-19/h5-7,9-10,19H,3-4,8H2,1-2H3,(H2,15,16). The van der Waals surface area contributed by atoms with Gasteiger partial charge < -0.3 is 15.8 Å². The van der Waals surface area contributed by atoms with Gasteiger partial charge in [0.2, 0.25) is 0 Å². The number of rotatable bonds is 6. The fraction of sp³-hybridized carbons (Fsp3) is 0.500. The average molecular weight is 292 g/mol. The molecule has 0 atom stereocenters. The van der Waals surface area contributed by atoms with Crippen molar-refractivity contribution >= 4 is 17.2 Å². The van der Waals surface area contributed by atoms with Crippen LogP contribution in [0.5, 0.6) is 0 Å². The molecule has 7 nitrogen and oxygen atoms in total. The molecule has 7 heteroatoms. The molecule has 3 N–H and O–H groups in total. The number of non-ortho nitro benzene ring substituents is 1. The Morgan fingerprint density at radius 1 is 1.57 bits per heavy atom. The Balaban J connectivity index is 2.47. The van der Waals surface area contributed by atoms with Crippen LogP contribution in [0.1, 0.15) is 32.3 Å². The molecular weight excluding hydrogens is 272 g/mol. The van der Waals surface area contributed by atoms with Gasteiger partial charge in [-0.25, -0.2) is 0 Å². The Morgan fingerprint density at radius 2 is 2.24 bits per heavy atom.